The highest BCUT2D eigenvalue weighted by molar-refractivity contribution is 7.97. The summed E-state index contributed by atoms with van der Waals surface area (Å²) in [6.07, 6.45) is -6.86. The van der Waals surface area contributed by atoms with Crippen LogP contribution in [0.1, 0.15) is 25.0 Å². The van der Waals surface area contributed by atoms with E-state index in [1.807, 2.05) is 58.9 Å². The van der Waals surface area contributed by atoms with E-state index in [0.717, 1.165) is 22.3 Å². The van der Waals surface area contributed by atoms with Crippen LogP contribution in [0.15, 0.2) is 83.8 Å². The van der Waals surface area contributed by atoms with Crippen LogP contribution in [0.3, 0.4) is 0 Å². The van der Waals surface area contributed by atoms with Gasteiger partial charge in [0, 0.05) is 30.7 Å². The SMILES string of the molecule is COc1ccc(SN(CC(C)C)CC(O)C(Cc2ccccc2)NC(=O)C(CN(C)c2ccccc2C(F)(F)F)OC=O)cc1. The highest BCUT2D eigenvalue weighted by Crippen LogP contribution is 2.36. The van der Waals surface area contributed by atoms with Gasteiger partial charge in [-0.25, -0.2) is 4.31 Å². The summed E-state index contributed by atoms with van der Waals surface area (Å²) in [6.45, 7) is 4.69. The fourth-order valence-electron chi connectivity index (χ4n) is 4.75. The summed E-state index contributed by atoms with van der Waals surface area (Å²) in [5.74, 6) is 0.252. The number of aliphatic hydroxyl groups excluding tert-OH is 1. The van der Waals surface area contributed by atoms with Crippen molar-refractivity contribution in [2.24, 2.45) is 5.92 Å². The van der Waals surface area contributed by atoms with Crippen LogP contribution in [0.25, 0.3) is 0 Å². The zero-order valence-corrected chi connectivity index (χ0v) is 26.6. The Kier molecular flexibility index (Phi) is 13.6. The van der Waals surface area contributed by atoms with E-state index < -0.39 is 35.9 Å². The topological polar surface area (TPSA) is 91.3 Å². The van der Waals surface area contributed by atoms with Crippen molar-refractivity contribution in [1.82, 2.24) is 9.62 Å². The number of ether oxygens (including phenoxy) is 2. The molecule has 0 aliphatic carbocycles. The van der Waals surface area contributed by atoms with E-state index >= 15 is 0 Å². The number of para-hydroxylation sites is 1. The van der Waals surface area contributed by atoms with Gasteiger partial charge in [0.2, 0.25) is 0 Å². The van der Waals surface area contributed by atoms with Gasteiger partial charge in [0.25, 0.3) is 12.4 Å². The third-order valence-electron chi connectivity index (χ3n) is 6.92. The predicted molar refractivity (Wildman–Crippen MR) is 169 cm³/mol. The molecule has 0 heterocycles. The molecule has 0 spiro atoms. The molecule has 45 heavy (non-hydrogen) atoms. The number of hydrogen-bond donors (Lipinski definition) is 2. The monoisotopic (exact) mass is 647 g/mol. The molecule has 2 N–H and O–H groups in total. The second kappa shape index (κ2) is 17.1. The number of methoxy groups -OCH3 is 1. The van der Waals surface area contributed by atoms with Crippen LogP contribution in [0, 0.1) is 5.92 Å². The normalized spacial score (nSPS) is 13.6. The van der Waals surface area contributed by atoms with Crippen molar-refractivity contribution in [3.63, 3.8) is 0 Å². The number of benzene rings is 3. The average Bonchev–Trinajstić information content (AvgIpc) is 3.00. The minimum Gasteiger partial charge on any atom is -0.497 e. The molecule has 0 bridgehead atoms. The summed E-state index contributed by atoms with van der Waals surface area (Å²) in [5, 5.41) is 14.3. The molecular formula is C33H40F3N3O5S. The smallest absolute Gasteiger partial charge is 0.418 e. The van der Waals surface area contributed by atoms with E-state index in [-0.39, 0.29) is 37.6 Å². The maximum atomic E-state index is 13.6. The van der Waals surface area contributed by atoms with Crippen molar-refractivity contribution in [1.29, 1.82) is 0 Å². The lowest BCUT2D eigenvalue weighted by Gasteiger charge is -2.32. The predicted octanol–water partition coefficient (Wildman–Crippen LogP) is 5.45. The Bertz CT molecular complexity index is 1350. The molecule has 3 aromatic carbocycles. The zero-order chi connectivity index (χ0) is 33.0. The number of halogens is 3. The first-order chi connectivity index (χ1) is 21.4. The number of nitrogens with one attached hydrogen (secondary N) is 1. The van der Waals surface area contributed by atoms with Crippen LogP contribution in [-0.2, 0) is 26.9 Å². The van der Waals surface area contributed by atoms with Gasteiger partial charge in [0.05, 0.1) is 31.4 Å². The molecular weight excluding hydrogens is 607 g/mol. The summed E-state index contributed by atoms with van der Waals surface area (Å²) in [5.41, 5.74) is -0.197. The lowest BCUT2D eigenvalue weighted by molar-refractivity contribution is -0.145. The van der Waals surface area contributed by atoms with E-state index in [1.165, 1.54) is 42.1 Å². The average molecular weight is 648 g/mol. The Balaban J connectivity index is 1.82. The van der Waals surface area contributed by atoms with Gasteiger partial charge in [0.1, 0.15) is 5.75 Å². The minimum absolute atomic E-state index is 0.0895. The largest absolute Gasteiger partial charge is 0.497 e. The number of amides is 1. The van der Waals surface area contributed by atoms with Crippen molar-refractivity contribution in [2.75, 3.05) is 38.7 Å². The highest BCUT2D eigenvalue weighted by Gasteiger charge is 2.35. The molecule has 8 nitrogen and oxygen atoms in total. The first-order valence-corrected chi connectivity index (χ1v) is 15.2. The molecule has 0 saturated heterocycles. The fraction of sp³-hybridized carbons (Fsp3) is 0.394. The van der Waals surface area contributed by atoms with Gasteiger partial charge in [-0.1, -0.05) is 56.3 Å². The molecule has 0 aliphatic rings. The van der Waals surface area contributed by atoms with E-state index in [9.17, 15) is 27.9 Å². The molecule has 3 atom stereocenters. The summed E-state index contributed by atoms with van der Waals surface area (Å²) in [7, 11) is 2.98. The van der Waals surface area contributed by atoms with Crippen LogP contribution in [0.2, 0.25) is 0 Å². The van der Waals surface area contributed by atoms with E-state index in [1.54, 1.807) is 7.11 Å². The molecule has 3 rings (SSSR count). The number of carbonyl (C=O) groups excluding carboxylic acids is 2. The van der Waals surface area contributed by atoms with Crippen LogP contribution in [0.4, 0.5) is 18.9 Å². The third kappa shape index (κ3) is 11.3. The number of aliphatic hydroxyl groups is 1. The molecule has 0 aliphatic heterocycles. The van der Waals surface area contributed by atoms with Crippen LogP contribution in [-0.4, -0.2) is 73.8 Å². The Labute approximate surface area is 266 Å². The van der Waals surface area contributed by atoms with Gasteiger partial charge >= 0.3 is 6.18 Å². The van der Waals surface area contributed by atoms with Gasteiger partial charge in [-0.2, -0.15) is 13.2 Å². The molecule has 1 amide bonds. The Morgan fingerprint density at radius 2 is 1.62 bits per heavy atom. The number of hydrogen-bond acceptors (Lipinski definition) is 8. The number of rotatable bonds is 17. The van der Waals surface area contributed by atoms with Crippen LogP contribution >= 0.6 is 11.9 Å². The maximum Gasteiger partial charge on any atom is 0.418 e. The van der Waals surface area contributed by atoms with Crippen LogP contribution in [0.5, 0.6) is 5.75 Å². The lowest BCUT2D eigenvalue weighted by Crippen LogP contribution is -2.53. The number of carbonyl (C=O) groups is 2. The standard InChI is InChI=1S/C33H40F3N3O5S/c1-23(2)19-39(45-26-16-14-25(43-4)15-17-26)20-30(41)28(18-24-10-6-5-7-11-24)37-32(42)31(44-22-40)21-38(3)29-13-9-8-12-27(29)33(34,35)36/h5-17,22-23,28,30-31,41H,18-21H2,1-4H3,(H,37,42). The van der Waals surface area contributed by atoms with E-state index in [4.69, 9.17) is 9.47 Å². The molecule has 0 fully saturated rings. The first kappa shape index (κ1) is 35.7. The van der Waals surface area contributed by atoms with Crippen molar-refractivity contribution >= 4 is 30.0 Å². The van der Waals surface area contributed by atoms with Crippen molar-refractivity contribution in [3.8, 4) is 5.75 Å². The molecule has 0 radical (unpaired) electrons. The van der Waals surface area contributed by atoms with Crippen molar-refractivity contribution in [2.45, 2.75) is 49.6 Å². The van der Waals surface area contributed by atoms with Crippen molar-refractivity contribution < 1.29 is 37.3 Å². The molecule has 0 aromatic heterocycles. The summed E-state index contributed by atoms with van der Waals surface area (Å²) in [6, 6.07) is 21.0. The molecule has 0 saturated carbocycles. The molecule has 12 heteroatoms. The second-order valence-corrected chi connectivity index (χ2v) is 12.2. The Hall–Kier alpha value is -3.74. The number of alkyl halides is 3. The molecule has 244 valence electrons. The minimum atomic E-state index is -4.62. The maximum absolute atomic E-state index is 13.6. The first-order valence-electron chi connectivity index (χ1n) is 14.5. The zero-order valence-electron chi connectivity index (χ0n) is 25.7. The van der Waals surface area contributed by atoms with Gasteiger partial charge in [0.15, 0.2) is 6.10 Å². The third-order valence-corrected chi connectivity index (χ3v) is 7.96. The highest BCUT2D eigenvalue weighted by atomic mass is 32.2. The van der Waals surface area contributed by atoms with Gasteiger partial charge in [-0.3, -0.25) is 9.59 Å². The second-order valence-electron chi connectivity index (χ2n) is 11.0. The van der Waals surface area contributed by atoms with Gasteiger partial charge in [-0.05, 0) is 66.2 Å². The number of anilines is 1. The summed E-state index contributed by atoms with van der Waals surface area (Å²) in [4.78, 5) is 27.0. The number of likely N-dealkylation sites (N-methyl/N-ethyl adjacent to an activating group) is 1. The quantitative estimate of drug-likeness (QED) is 0.148. The Morgan fingerprint density at radius 1 is 0.978 bits per heavy atom. The molecule has 3 aromatic rings. The lowest BCUT2D eigenvalue weighted by atomic mass is 10.0. The summed E-state index contributed by atoms with van der Waals surface area (Å²) >= 11 is 1.47. The van der Waals surface area contributed by atoms with Crippen LogP contribution < -0.4 is 15.0 Å². The molecule has 3 unspecified atom stereocenters. The Morgan fingerprint density at radius 3 is 2.22 bits per heavy atom. The van der Waals surface area contributed by atoms with Gasteiger partial charge < -0.3 is 24.8 Å². The number of nitrogens with zero attached hydrogens (tertiary/aromatic N) is 2. The fourth-order valence-corrected chi connectivity index (χ4v) is 5.91. The van der Waals surface area contributed by atoms with E-state index in [2.05, 4.69) is 19.2 Å². The summed E-state index contributed by atoms with van der Waals surface area (Å²) < 4.78 is 53.3. The van der Waals surface area contributed by atoms with Gasteiger partial charge in [-0.15, -0.1) is 0 Å². The van der Waals surface area contributed by atoms with Crippen molar-refractivity contribution in [3.05, 3.63) is 90.0 Å². The van der Waals surface area contributed by atoms with E-state index in [0.29, 0.717) is 6.54 Å².